The summed E-state index contributed by atoms with van der Waals surface area (Å²) in [6, 6.07) is 1.07. The van der Waals surface area contributed by atoms with E-state index in [-0.39, 0.29) is 11.2 Å². The number of hydrogen-bond acceptors (Lipinski definition) is 5. The second-order valence-corrected chi connectivity index (χ2v) is 5.19. The number of nitrogens with two attached hydrogens (primary N) is 1. The van der Waals surface area contributed by atoms with E-state index >= 15 is 0 Å². The zero-order valence-corrected chi connectivity index (χ0v) is 10.4. The van der Waals surface area contributed by atoms with Crippen molar-refractivity contribution in [3.63, 3.8) is 0 Å². The van der Waals surface area contributed by atoms with E-state index in [0.717, 1.165) is 19.4 Å². The Morgan fingerprint density at radius 3 is 3.22 bits per heavy atom. The second-order valence-electron chi connectivity index (χ2n) is 5.19. The normalized spacial score (nSPS) is 28.0. The Morgan fingerprint density at radius 1 is 1.44 bits per heavy atom. The molecule has 2 aliphatic rings. The van der Waals surface area contributed by atoms with Crippen LogP contribution in [-0.2, 0) is 0 Å². The molecule has 1 aromatic rings. The Morgan fingerprint density at radius 2 is 2.33 bits per heavy atom. The summed E-state index contributed by atoms with van der Waals surface area (Å²) in [6.45, 7) is 2.37. The van der Waals surface area contributed by atoms with Gasteiger partial charge in [-0.05, 0) is 32.2 Å². The molecular formula is C12H19N5O. The molecule has 0 radical (unpaired) electrons. The van der Waals surface area contributed by atoms with Crippen molar-refractivity contribution in [3.05, 3.63) is 16.7 Å². The van der Waals surface area contributed by atoms with Crippen LogP contribution in [0.2, 0.25) is 0 Å². The number of fused-ring (bicyclic) bond motifs is 1. The van der Waals surface area contributed by atoms with E-state index < -0.39 is 0 Å². The Labute approximate surface area is 106 Å². The Balaban J connectivity index is 1.69. The Bertz CT molecular complexity index is 486. The summed E-state index contributed by atoms with van der Waals surface area (Å²) in [5.74, 6) is 0.523. The topological polar surface area (TPSA) is 87.0 Å². The molecule has 0 saturated carbocycles. The first-order valence-corrected chi connectivity index (χ1v) is 6.58. The summed E-state index contributed by atoms with van der Waals surface area (Å²) in [7, 11) is 0. The molecule has 2 unspecified atom stereocenters. The van der Waals surface area contributed by atoms with Gasteiger partial charge in [0.25, 0.3) is 5.56 Å². The highest BCUT2D eigenvalue weighted by Crippen LogP contribution is 2.28. The van der Waals surface area contributed by atoms with Crippen LogP contribution in [0.4, 0.5) is 11.5 Å². The van der Waals surface area contributed by atoms with Gasteiger partial charge in [0.05, 0.1) is 6.33 Å². The van der Waals surface area contributed by atoms with Crippen LogP contribution in [0.15, 0.2) is 11.1 Å². The van der Waals surface area contributed by atoms with Gasteiger partial charge in [-0.15, -0.1) is 0 Å². The third-order valence-corrected chi connectivity index (χ3v) is 4.05. The summed E-state index contributed by atoms with van der Waals surface area (Å²) < 4.78 is 0. The molecular weight excluding hydrogens is 230 g/mol. The van der Waals surface area contributed by atoms with Gasteiger partial charge in [-0.25, -0.2) is 4.98 Å². The highest BCUT2D eigenvalue weighted by Gasteiger charge is 2.31. The molecule has 2 fully saturated rings. The Hall–Kier alpha value is -1.56. The number of H-pyrrole nitrogens is 1. The smallest absolute Gasteiger partial charge is 0.276 e. The zero-order valence-electron chi connectivity index (χ0n) is 10.4. The standard InChI is InChI=1S/C12H19N5O/c13-10-11(14-7-15-12(10)18)16-8-3-5-17-4-1-2-9(17)6-8/h7-9H,1-6,13H2,(H2,14,15,16,18). The summed E-state index contributed by atoms with van der Waals surface area (Å²) in [5, 5.41) is 3.32. The van der Waals surface area contributed by atoms with Crippen LogP contribution in [0.5, 0.6) is 0 Å². The number of anilines is 2. The summed E-state index contributed by atoms with van der Waals surface area (Å²) >= 11 is 0. The van der Waals surface area contributed by atoms with Crippen molar-refractivity contribution in [1.82, 2.24) is 14.9 Å². The lowest BCUT2D eigenvalue weighted by Crippen LogP contribution is -2.43. The van der Waals surface area contributed by atoms with Crippen molar-refractivity contribution in [2.24, 2.45) is 0 Å². The summed E-state index contributed by atoms with van der Waals surface area (Å²) in [5.41, 5.74) is 5.64. The van der Waals surface area contributed by atoms with Crippen LogP contribution in [0, 0.1) is 0 Å². The van der Waals surface area contributed by atoms with Crippen LogP contribution >= 0.6 is 0 Å². The molecule has 0 aliphatic carbocycles. The summed E-state index contributed by atoms with van der Waals surface area (Å²) in [4.78, 5) is 20.5. The number of nitrogens with one attached hydrogen (secondary N) is 2. The average Bonchev–Trinajstić information content (AvgIpc) is 2.82. The number of piperidine rings is 1. The number of hydrogen-bond donors (Lipinski definition) is 3. The van der Waals surface area contributed by atoms with Crippen molar-refractivity contribution < 1.29 is 0 Å². The molecule has 6 nitrogen and oxygen atoms in total. The zero-order chi connectivity index (χ0) is 12.5. The molecule has 1 aromatic heterocycles. The van der Waals surface area contributed by atoms with Crippen LogP contribution in [0.3, 0.4) is 0 Å². The molecule has 2 saturated heterocycles. The van der Waals surface area contributed by atoms with E-state index in [1.54, 1.807) is 0 Å². The number of nitrogen functional groups attached to an aromatic ring is 1. The first-order chi connectivity index (χ1) is 8.74. The lowest BCUT2D eigenvalue weighted by molar-refractivity contribution is 0.188. The van der Waals surface area contributed by atoms with Gasteiger partial charge in [0, 0.05) is 18.6 Å². The van der Waals surface area contributed by atoms with Gasteiger partial charge in [0.2, 0.25) is 0 Å². The fourth-order valence-electron chi connectivity index (χ4n) is 3.07. The molecule has 0 spiro atoms. The van der Waals surface area contributed by atoms with Gasteiger partial charge < -0.3 is 20.9 Å². The lowest BCUT2D eigenvalue weighted by Gasteiger charge is -2.35. The minimum Gasteiger partial charge on any atom is -0.391 e. The fraction of sp³-hybridized carbons (Fsp3) is 0.667. The van der Waals surface area contributed by atoms with E-state index in [2.05, 4.69) is 20.2 Å². The predicted octanol–water partition coefficient (Wildman–Crippen LogP) is 0.391. The van der Waals surface area contributed by atoms with Crippen LogP contribution in [-0.4, -0.2) is 40.0 Å². The quantitative estimate of drug-likeness (QED) is 0.706. The van der Waals surface area contributed by atoms with Crippen LogP contribution in [0.25, 0.3) is 0 Å². The van der Waals surface area contributed by atoms with Gasteiger partial charge >= 0.3 is 0 Å². The van der Waals surface area contributed by atoms with Crippen molar-refractivity contribution in [2.75, 3.05) is 24.1 Å². The first kappa shape index (κ1) is 11.5. The lowest BCUT2D eigenvalue weighted by atomic mass is 9.97. The molecule has 0 aromatic carbocycles. The number of aromatic nitrogens is 2. The van der Waals surface area contributed by atoms with Gasteiger partial charge in [-0.1, -0.05) is 0 Å². The molecule has 3 rings (SSSR count). The van der Waals surface area contributed by atoms with Gasteiger partial charge in [0.15, 0.2) is 5.82 Å². The van der Waals surface area contributed by atoms with E-state index in [4.69, 9.17) is 5.73 Å². The summed E-state index contributed by atoms with van der Waals surface area (Å²) in [6.07, 6.45) is 6.20. The largest absolute Gasteiger partial charge is 0.391 e. The van der Waals surface area contributed by atoms with E-state index in [1.807, 2.05) is 0 Å². The fourth-order valence-corrected chi connectivity index (χ4v) is 3.07. The van der Waals surface area contributed by atoms with Gasteiger partial charge in [-0.3, -0.25) is 4.79 Å². The van der Waals surface area contributed by atoms with Crippen LogP contribution in [0.1, 0.15) is 25.7 Å². The average molecular weight is 249 g/mol. The molecule has 6 heteroatoms. The van der Waals surface area contributed by atoms with Crippen molar-refractivity contribution in [1.29, 1.82) is 0 Å². The maximum Gasteiger partial charge on any atom is 0.276 e. The monoisotopic (exact) mass is 249 g/mol. The van der Waals surface area contributed by atoms with Crippen molar-refractivity contribution in [2.45, 2.75) is 37.8 Å². The molecule has 98 valence electrons. The number of rotatable bonds is 2. The molecule has 0 amide bonds. The van der Waals surface area contributed by atoms with Crippen molar-refractivity contribution >= 4 is 11.5 Å². The third kappa shape index (κ3) is 2.08. The van der Waals surface area contributed by atoms with Crippen LogP contribution < -0.4 is 16.6 Å². The molecule has 3 heterocycles. The Kier molecular flexibility index (Phi) is 2.95. The van der Waals surface area contributed by atoms with E-state index in [1.165, 1.54) is 25.7 Å². The van der Waals surface area contributed by atoms with E-state index in [9.17, 15) is 4.79 Å². The third-order valence-electron chi connectivity index (χ3n) is 4.05. The molecule has 18 heavy (non-hydrogen) atoms. The predicted molar refractivity (Wildman–Crippen MR) is 70.5 cm³/mol. The van der Waals surface area contributed by atoms with Gasteiger partial charge in [0.1, 0.15) is 5.69 Å². The van der Waals surface area contributed by atoms with Crippen molar-refractivity contribution in [3.8, 4) is 0 Å². The molecule has 4 N–H and O–H groups in total. The second kappa shape index (κ2) is 4.61. The highest BCUT2D eigenvalue weighted by atomic mass is 16.1. The molecule has 2 aliphatic heterocycles. The molecule has 0 bridgehead atoms. The molecule has 2 atom stereocenters. The maximum absolute atomic E-state index is 11.4. The highest BCUT2D eigenvalue weighted by molar-refractivity contribution is 5.59. The minimum atomic E-state index is -0.272. The SMILES string of the molecule is Nc1c(NC2CCN3CCCC3C2)nc[nH]c1=O. The maximum atomic E-state index is 11.4. The number of aromatic amines is 1. The van der Waals surface area contributed by atoms with Gasteiger partial charge in [-0.2, -0.15) is 0 Å². The van der Waals surface area contributed by atoms with E-state index in [0.29, 0.717) is 17.9 Å². The minimum absolute atomic E-state index is 0.186. The number of nitrogens with zero attached hydrogens (tertiary/aromatic N) is 2. The first-order valence-electron chi connectivity index (χ1n) is 6.58.